The summed E-state index contributed by atoms with van der Waals surface area (Å²) in [6, 6.07) is 0. The predicted molar refractivity (Wildman–Crippen MR) is 56.4 cm³/mol. The Bertz CT molecular complexity index is 368. The van der Waals surface area contributed by atoms with Crippen molar-refractivity contribution in [3.63, 3.8) is 0 Å². The first-order valence-electron chi connectivity index (χ1n) is 5.38. The number of nitrogens with zero attached hydrogens (tertiary/aromatic N) is 2. The maximum Gasteiger partial charge on any atom is 0.264 e. The second kappa shape index (κ2) is 4.87. The van der Waals surface area contributed by atoms with Crippen LogP contribution in [0.3, 0.4) is 0 Å². The van der Waals surface area contributed by atoms with Gasteiger partial charge in [-0.1, -0.05) is 0 Å². The van der Waals surface area contributed by atoms with Crippen molar-refractivity contribution in [1.29, 1.82) is 0 Å². The zero-order valence-corrected chi connectivity index (χ0v) is 9.09. The van der Waals surface area contributed by atoms with E-state index in [1.807, 2.05) is 0 Å². The minimum absolute atomic E-state index is 0.0836. The molecule has 17 heavy (non-hydrogen) atoms. The highest BCUT2D eigenvalue weighted by Gasteiger charge is 2.41. The van der Waals surface area contributed by atoms with Crippen LogP contribution < -0.4 is 10.6 Å². The number of aromatic nitrogens is 2. The summed E-state index contributed by atoms with van der Waals surface area (Å²) in [5.74, 6) is -3.87. The lowest BCUT2D eigenvalue weighted by molar-refractivity contribution is -0.0678. The molecule has 0 amide bonds. The Balaban J connectivity index is 1.91. The standard InChI is InChI=1S/C10H13F3N4/c11-8-4-16-9(17-5-8)15-3-7-1-2-14-6-10(7,12)13/h4-5,7,14H,1-3,6H2,(H,15,16,17). The molecular weight excluding hydrogens is 233 g/mol. The molecule has 4 nitrogen and oxygen atoms in total. The van der Waals surface area contributed by atoms with E-state index in [0.717, 1.165) is 12.4 Å². The maximum absolute atomic E-state index is 13.4. The molecule has 0 bridgehead atoms. The summed E-state index contributed by atoms with van der Waals surface area (Å²) in [6.45, 7) is 0.357. The molecule has 1 aliphatic heterocycles. The average molecular weight is 246 g/mol. The Morgan fingerprint density at radius 1 is 1.41 bits per heavy atom. The lowest BCUT2D eigenvalue weighted by Crippen LogP contribution is -2.48. The molecule has 2 N–H and O–H groups in total. The lowest BCUT2D eigenvalue weighted by Gasteiger charge is -2.31. The molecule has 1 saturated heterocycles. The lowest BCUT2D eigenvalue weighted by atomic mass is 9.94. The van der Waals surface area contributed by atoms with Gasteiger partial charge in [-0.25, -0.2) is 23.1 Å². The third-order valence-electron chi connectivity index (χ3n) is 2.75. The average Bonchev–Trinajstić information content (AvgIpc) is 2.29. The summed E-state index contributed by atoms with van der Waals surface area (Å²) >= 11 is 0. The number of nitrogens with one attached hydrogen (secondary N) is 2. The van der Waals surface area contributed by atoms with E-state index in [2.05, 4.69) is 20.6 Å². The van der Waals surface area contributed by atoms with Crippen molar-refractivity contribution < 1.29 is 13.2 Å². The molecule has 1 aliphatic rings. The van der Waals surface area contributed by atoms with Crippen molar-refractivity contribution in [3.05, 3.63) is 18.2 Å². The van der Waals surface area contributed by atoms with E-state index in [9.17, 15) is 13.2 Å². The van der Waals surface area contributed by atoms with Crippen LogP contribution in [0.15, 0.2) is 12.4 Å². The number of anilines is 1. The number of hydrogen-bond donors (Lipinski definition) is 2. The van der Waals surface area contributed by atoms with E-state index in [-0.39, 0.29) is 19.0 Å². The van der Waals surface area contributed by atoms with Crippen LogP contribution in [0.1, 0.15) is 6.42 Å². The monoisotopic (exact) mass is 246 g/mol. The van der Waals surface area contributed by atoms with Crippen molar-refractivity contribution in [2.45, 2.75) is 12.3 Å². The zero-order valence-electron chi connectivity index (χ0n) is 9.09. The minimum Gasteiger partial charge on any atom is -0.354 e. The summed E-state index contributed by atoms with van der Waals surface area (Å²) in [5.41, 5.74) is 0. The van der Waals surface area contributed by atoms with E-state index < -0.39 is 17.7 Å². The van der Waals surface area contributed by atoms with Crippen LogP contribution in [0.5, 0.6) is 0 Å². The van der Waals surface area contributed by atoms with Gasteiger partial charge in [0.1, 0.15) is 0 Å². The quantitative estimate of drug-likeness (QED) is 0.843. The molecule has 0 radical (unpaired) electrons. The van der Waals surface area contributed by atoms with E-state index in [1.54, 1.807) is 0 Å². The largest absolute Gasteiger partial charge is 0.354 e. The van der Waals surface area contributed by atoms with Gasteiger partial charge in [0.2, 0.25) is 5.95 Å². The summed E-state index contributed by atoms with van der Waals surface area (Å²) in [5, 5.41) is 5.35. The molecule has 1 aromatic rings. The molecule has 2 rings (SSSR count). The normalized spacial score (nSPS) is 23.4. The van der Waals surface area contributed by atoms with E-state index in [1.165, 1.54) is 0 Å². The van der Waals surface area contributed by atoms with Crippen molar-refractivity contribution >= 4 is 5.95 Å². The van der Waals surface area contributed by atoms with Crippen molar-refractivity contribution in [2.75, 3.05) is 25.0 Å². The third-order valence-corrected chi connectivity index (χ3v) is 2.75. The maximum atomic E-state index is 13.4. The summed E-state index contributed by atoms with van der Waals surface area (Å²) in [7, 11) is 0. The topological polar surface area (TPSA) is 49.8 Å². The van der Waals surface area contributed by atoms with Crippen molar-refractivity contribution in [2.24, 2.45) is 5.92 Å². The fraction of sp³-hybridized carbons (Fsp3) is 0.600. The fourth-order valence-corrected chi connectivity index (χ4v) is 1.76. The molecule has 0 aromatic carbocycles. The predicted octanol–water partition coefficient (Wildman–Crippen LogP) is 1.27. The molecule has 0 spiro atoms. The highest BCUT2D eigenvalue weighted by molar-refractivity contribution is 5.22. The highest BCUT2D eigenvalue weighted by atomic mass is 19.3. The minimum atomic E-state index is -2.73. The molecule has 1 aromatic heterocycles. The molecule has 1 atom stereocenters. The number of hydrogen-bond acceptors (Lipinski definition) is 4. The molecule has 0 saturated carbocycles. The Morgan fingerprint density at radius 2 is 2.12 bits per heavy atom. The Labute approximate surface area is 96.7 Å². The van der Waals surface area contributed by atoms with Gasteiger partial charge in [0.15, 0.2) is 5.82 Å². The number of piperidine rings is 1. The molecular formula is C10H13F3N4. The SMILES string of the molecule is Fc1cnc(NCC2CCNCC2(F)F)nc1. The Morgan fingerprint density at radius 3 is 2.76 bits per heavy atom. The molecule has 2 heterocycles. The molecule has 7 heteroatoms. The van der Waals surface area contributed by atoms with Gasteiger partial charge in [0, 0.05) is 12.5 Å². The van der Waals surface area contributed by atoms with Crippen LogP contribution >= 0.6 is 0 Å². The highest BCUT2D eigenvalue weighted by Crippen LogP contribution is 2.29. The molecule has 1 unspecified atom stereocenters. The van der Waals surface area contributed by atoms with Crippen LogP contribution in [0.2, 0.25) is 0 Å². The first-order valence-corrected chi connectivity index (χ1v) is 5.38. The third kappa shape index (κ3) is 3.06. The summed E-state index contributed by atoms with van der Waals surface area (Å²) in [4.78, 5) is 7.31. The summed E-state index contributed by atoms with van der Waals surface area (Å²) in [6.07, 6.45) is 2.38. The van der Waals surface area contributed by atoms with E-state index in [4.69, 9.17) is 0 Å². The van der Waals surface area contributed by atoms with Crippen molar-refractivity contribution in [1.82, 2.24) is 15.3 Å². The Kier molecular flexibility index (Phi) is 3.46. The number of halogens is 3. The van der Waals surface area contributed by atoms with Crippen LogP contribution in [0, 0.1) is 11.7 Å². The van der Waals surface area contributed by atoms with Crippen LogP contribution in [-0.2, 0) is 0 Å². The molecule has 0 aliphatic carbocycles. The first kappa shape index (κ1) is 12.1. The van der Waals surface area contributed by atoms with Gasteiger partial charge in [-0.2, -0.15) is 0 Å². The first-order chi connectivity index (χ1) is 8.08. The van der Waals surface area contributed by atoms with Gasteiger partial charge >= 0.3 is 0 Å². The van der Waals surface area contributed by atoms with E-state index >= 15 is 0 Å². The van der Waals surface area contributed by atoms with Gasteiger partial charge in [-0.3, -0.25) is 0 Å². The second-order valence-corrected chi connectivity index (χ2v) is 4.03. The fourth-order valence-electron chi connectivity index (χ4n) is 1.76. The van der Waals surface area contributed by atoms with E-state index in [0.29, 0.717) is 13.0 Å². The van der Waals surface area contributed by atoms with Crippen LogP contribution in [0.25, 0.3) is 0 Å². The second-order valence-electron chi connectivity index (χ2n) is 4.03. The van der Waals surface area contributed by atoms with Gasteiger partial charge in [0.25, 0.3) is 5.92 Å². The zero-order chi connectivity index (χ0) is 12.3. The van der Waals surface area contributed by atoms with Gasteiger partial charge in [0.05, 0.1) is 18.9 Å². The number of rotatable bonds is 3. The summed E-state index contributed by atoms with van der Waals surface area (Å²) < 4.78 is 39.4. The Hall–Kier alpha value is -1.37. The van der Waals surface area contributed by atoms with Crippen molar-refractivity contribution in [3.8, 4) is 0 Å². The van der Waals surface area contributed by atoms with Crippen LogP contribution in [-0.4, -0.2) is 35.5 Å². The van der Waals surface area contributed by atoms with Gasteiger partial charge in [-0.05, 0) is 13.0 Å². The number of alkyl halides is 2. The van der Waals surface area contributed by atoms with Gasteiger partial charge in [-0.15, -0.1) is 0 Å². The smallest absolute Gasteiger partial charge is 0.264 e. The van der Waals surface area contributed by atoms with Gasteiger partial charge < -0.3 is 10.6 Å². The molecule has 94 valence electrons. The van der Waals surface area contributed by atoms with Crippen LogP contribution in [0.4, 0.5) is 19.1 Å². The molecule has 1 fully saturated rings.